The molecular formula is C34H61NO3. The summed E-state index contributed by atoms with van der Waals surface area (Å²) in [6.07, 6.45) is 26.4. The van der Waals surface area contributed by atoms with Crippen LogP contribution in [-0.2, 0) is 22.5 Å². The Labute approximate surface area is 235 Å². The lowest BCUT2D eigenvalue weighted by atomic mass is 9.99. The number of methoxy groups -OCH3 is 1. The van der Waals surface area contributed by atoms with Crippen molar-refractivity contribution in [3.8, 4) is 0 Å². The molecule has 0 bridgehead atoms. The zero-order valence-electron chi connectivity index (χ0n) is 25.9. The van der Waals surface area contributed by atoms with Gasteiger partial charge in [0, 0.05) is 29.9 Å². The highest BCUT2D eigenvalue weighted by molar-refractivity contribution is 5.99. The number of esters is 1. The Hall–Kier alpha value is -1.58. The fourth-order valence-electron chi connectivity index (χ4n) is 5.79. The van der Waals surface area contributed by atoms with Gasteiger partial charge in [-0.3, -0.25) is 9.59 Å². The van der Waals surface area contributed by atoms with Crippen LogP contribution in [0.25, 0.3) is 0 Å². The Morgan fingerprint density at radius 3 is 1.55 bits per heavy atom. The molecule has 1 heterocycles. The van der Waals surface area contributed by atoms with Crippen molar-refractivity contribution in [3.05, 3.63) is 22.5 Å². The molecule has 0 N–H and O–H groups in total. The van der Waals surface area contributed by atoms with Crippen molar-refractivity contribution in [1.29, 1.82) is 0 Å². The molecule has 0 spiro atoms. The average molecular weight is 532 g/mol. The van der Waals surface area contributed by atoms with Crippen LogP contribution < -0.4 is 0 Å². The highest BCUT2D eigenvalue weighted by Crippen LogP contribution is 2.27. The van der Waals surface area contributed by atoms with Crippen LogP contribution in [0.5, 0.6) is 0 Å². The van der Waals surface area contributed by atoms with E-state index in [1.54, 1.807) is 0 Å². The number of carbonyl (C=O) groups excluding carboxylic acids is 2. The first-order valence-corrected chi connectivity index (χ1v) is 16.3. The van der Waals surface area contributed by atoms with E-state index in [9.17, 15) is 9.59 Å². The van der Waals surface area contributed by atoms with Gasteiger partial charge in [-0.15, -0.1) is 0 Å². The van der Waals surface area contributed by atoms with E-state index in [1.807, 2.05) is 0 Å². The van der Waals surface area contributed by atoms with Gasteiger partial charge in [0.15, 0.2) is 5.78 Å². The normalized spacial score (nSPS) is 11.3. The summed E-state index contributed by atoms with van der Waals surface area (Å²) in [5.41, 5.74) is 4.22. The first kappa shape index (κ1) is 34.4. The zero-order chi connectivity index (χ0) is 28.0. The van der Waals surface area contributed by atoms with Crippen LogP contribution >= 0.6 is 0 Å². The Balaban J connectivity index is 2.37. The number of nitrogens with zero attached hydrogens (tertiary/aromatic N) is 1. The second-order valence-electron chi connectivity index (χ2n) is 11.4. The van der Waals surface area contributed by atoms with Crippen LogP contribution in [0.4, 0.5) is 0 Å². The molecule has 1 aromatic rings. The maximum atomic E-state index is 13.3. The lowest BCUT2D eigenvalue weighted by molar-refractivity contribution is -0.140. The summed E-state index contributed by atoms with van der Waals surface area (Å²) in [6.45, 7) is 9.59. The molecular weight excluding hydrogens is 470 g/mol. The summed E-state index contributed by atoms with van der Waals surface area (Å²) >= 11 is 0. The third-order valence-corrected chi connectivity index (χ3v) is 8.22. The lowest BCUT2D eigenvalue weighted by Gasteiger charge is -2.12. The summed E-state index contributed by atoms with van der Waals surface area (Å²) in [4.78, 5) is 25.1. The van der Waals surface area contributed by atoms with E-state index in [0.717, 1.165) is 48.3 Å². The minimum Gasteiger partial charge on any atom is -0.469 e. The van der Waals surface area contributed by atoms with Crippen LogP contribution in [0.3, 0.4) is 0 Å². The number of hydrogen-bond donors (Lipinski definition) is 0. The molecule has 0 saturated carbocycles. The number of ketones is 1. The molecule has 220 valence electrons. The Kier molecular flexibility index (Phi) is 20.2. The van der Waals surface area contributed by atoms with E-state index in [1.165, 1.54) is 110 Å². The molecule has 0 unspecified atom stereocenters. The smallest absolute Gasteiger partial charge is 0.305 e. The van der Waals surface area contributed by atoms with Crippen molar-refractivity contribution in [2.75, 3.05) is 7.11 Å². The first-order chi connectivity index (χ1) is 18.5. The number of carbonyl (C=O) groups is 2. The van der Waals surface area contributed by atoms with Gasteiger partial charge in [0.1, 0.15) is 0 Å². The summed E-state index contributed by atoms with van der Waals surface area (Å²) < 4.78 is 7.18. The van der Waals surface area contributed by atoms with E-state index >= 15 is 0 Å². The van der Waals surface area contributed by atoms with Gasteiger partial charge in [0.25, 0.3) is 0 Å². The van der Waals surface area contributed by atoms with E-state index in [4.69, 9.17) is 4.74 Å². The number of rotatable bonds is 25. The molecule has 0 fully saturated rings. The minimum absolute atomic E-state index is 0.188. The topological polar surface area (TPSA) is 48.3 Å². The molecule has 38 heavy (non-hydrogen) atoms. The van der Waals surface area contributed by atoms with Crippen LogP contribution in [0, 0.1) is 13.8 Å². The zero-order valence-corrected chi connectivity index (χ0v) is 25.9. The van der Waals surface area contributed by atoms with Crippen molar-refractivity contribution in [2.45, 2.75) is 175 Å². The third kappa shape index (κ3) is 14.0. The van der Waals surface area contributed by atoms with E-state index in [0.29, 0.717) is 19.3 Å². The highest BCUT2D eigenvalue weighted by Gasteiger charge is 2.22. The van der Waals surface area contributed by atoms with E-state index < -0.39 is 0 Å². The lowest BCUT2D eigenvalue weighted by Crippen LogP contribution is -2.09. The van der Waals surface area contributed by atoms with Crippen molar-refractivity contribution in [1.82, 2.24) is 4.57 Å². The molecule has 0 amide bonds. The summed E-state index contributed by atoms with van der Waals surface area (Å²) in [7, 11) is 1.44. The molecule has 1 aromatic heterocycles. The number of hydrogen-bond acceptors (Lipinski definition) is 3. The van der Waals surface area contributed by atoms with E-state index in [2.05, 4.69) is 32.3 Å². The maximum absolute atomic E-state index is 13.3. The Morgan fingerprint density at radius 1 is 0.632 bits per heavy atom. The number of ether oxygens (including phenoxy) is 1. The summed E-state index contributed by atoms with van der Waals surface area (Å²) in [5.74, 6) is 0.0905. The molecule has 0 radical (unpaired) electrons. The molecule has 1 rings (SSSR count). The SMILES string of the molecule is CCCCCCCCCCCCCCCCCC(=O)c1c(C)c(CCC(=O)OC)n(CCCCCC)c1C. The highest BCUT2D eigenvalue weighted by atomic mass is 16.5. The predicted octanol–water partition coefficient (Wildman–Crippen LogP) is 10.2. The van der Waals surface area contributed by atoms with Crippen LogP contribution in [0.1, 0.15) is 176 Å². The van der Waals surface area contributed by atoms with Crippen LogP contribution in [0.15, 0.2) is 0 Å². The third-order valence-electron chi connectivity index (χ3n) is 8.22. The van der Waals surface area contributed by atoms with Gasteiger partial charge in [0.2, 0.25) is 0 Å². The molecule has 0 aliphatic rings. The quantitative estimate of drug-likeness (QED) is 0.0716. The van der Waals surface area contributed by atoms with Gasteiger partial charge in [-0.1, -0.05) is 123 Å². The van der Waals surface area contributed by atoms with Crippen molar-refractivity contribution in [2.24, 2.45) is 0 Å². The molecule has 0 atom stereocenters. The summed E-state index contributed by atoms with van der Waals surface area (Å²) in [6, 6.07) is 0. The molecule has 4 heteroatoms. The van der Waals surface area contributed by atoms with Crippen molar-refractivity contribution >= 4 is 11.8 Å². The predicted molar refractivity (Wildman–Crippen MR) is 162 cm³/mol. The monoisotopic (exact) mass is 531 g/mol. The molecule has 0 aliphatic carbocycles. The second kappa shape index (κ2) is 22.3. The average Bonchev–Trinajstić information content (AvgIpc) is 3.15. The molecule has 4 nitrogen and oxygen atoms in total. The standard InChI is InChI=1S/C34H61NO3/c1-6-8-10-12-13-14-15-16-17-18-19-20-21-22-23-25-32(36)34-29(3)31(26-27-33(37)38-5)35(30(34)4)28-24-11-9-7-2/h6-28H2,1-5H3. The fourth-order valence-corrected chi connectivity index (χ4v) is 5.79. The first-order valence-electron chi connectivity index (χ1n) is 16.3. The van der Waals surface area contributed by atoms with E-state index in [-0.39, 0.29) is 11.8 Å². The van der Waals surface area contributed by atoms with Gasteiger partial charge in [0.05, 0.1) is 13.5 Å². The Bertz CT molecular complexity index is 764. The largest absolute Gasteiger partial charge is 0.469 e. The van der Waals surface area contributed by atoms with Crippen molar-refractivity contribution < 1.29 is 14.3 Å². The number of Topliss-reactive ketones (excluding diaryl/α,β-unsaturated/α-hetero) is 1. The second-order valence-corrected chi connectivity index (χ2v) is 11.4. The van der Waals surface area contributed by atoms with Crippen LogP contribution in [-0.4, -0.2) is 23.4 Å². The Morgan fingerprint density at radius 2 is 1.08 bits per heavy atom. The van der Waals surface area contributed by atoms with Gasteiger partial charge >= 0.3 is 5.97 Å². The van der Waals surface area contributed by atoms with Crippen molar-refractivity contribution in [3.63, 3.8) is 0 Å². The minimum atomic E-state index is -0.188. The van der Waals surface area contributed by atoms with Gasteiger partial charge in [-0.25, -0.2) is 0 Å². The fraction of sp³-hybridized carbons (Fsp3) is 0.824. The molecule has 0 aliphatic heterocycles. The number of unbranched alkanes of at least 4 members (excludes halogenated alkanes) is 17. The van der Waals surface area contributed by atoms with Gasteiger partial charge in [-0.2, -0.15) is 0 Å². The summed E-state index contributed by atoms with van der Waals surface area (Å²) in [5, 5.41) is 0. The number of aromatic nitrogens is 1. The van der Waals surface area contributed by atoms with Gasteiger partial charge < -0.3 is 9.30 Å². The molecule has 0 aromatic carbocycles. The molecule has 0 saturated heterocycles. The maximum Gasteiger partial charge on any atom is 0.305 e. The van der Waals surface area contributed by atoms with Gasteiger partial charge in [-0.05, 0) is 38.7 Å². The van der Waals surface area contributed by atoms with Crippen LogP contribution in [0.2, 0.25) is 0 Å².